The smallest absolute Gasteiger partial charge is 0.319 e. The van der Waals surface area contributed by atoms with Crippen LogP contribution >= 0.6 is 0 Å². The maximum Gasteiger partial charge on any atom is 0.319 e. The number of hydrogen-bond donors (Lipinski definition) is 2. The van der Waals surface area contributed by atoms with Gasteiger partial charge < -0.3 is 29.9 Å². The summed E-state index contributed by atoms with van der Waals surface area (Å²) in [5.74, 6) is 0.172. The Balaban J connectivity index is 1.84. The van der Waals surface area contributed by atoms with Crippen LogP contribution in [0.5, 0.6) is 5.75 Å². The third-order valence-corrected chi connectivity index (χ3v) is 7.05. The van der Waals surface area contributed by atoms with Crippen LogP contribution < -0.4 is 15.4 Å². The SMILES string of the molecule is CO[C@H]1CN(C)C(=O)c2cc(NC(=O)NC3CCCCC3)ccc2OC[C@@H](C)N(C(C)=O)C[C@H]1C. The predicted molar refractivity (Wildman–Crippen MR) is 135 cm³/mol. The van der Waals surface area contributed by atoms with Crippen LogP contribution in [0.25, 0.3) is 0 Å². The van der Waals surface area contributed by atoms with E-state index >= 15 is 0 Å². The fourth-order valence-electron chi connectivity index (χ4n) is 4.89. The molecule has 1 aromatic carbocycles. The second kappa shape index (κ2) is 12.2. The summed E-state index contributed by atoms with van der Waals surface area (Å²) in [4.78, 5) is 41.7. The van der Waals surface area contributed by atoms with Gasteiger partial charge in [-0.1, -0.05) is 26.2 Å². The fourth-order valence-corrected chi connectivity index (χ4v) is 4.89. The second-order valence-electron chi connectivity index (χ2n) is 9.91. The number of benzene rings is 1. The minimum absolute atomic E-state index is 0.0111. The lowest BCUT2D eigenvalue weighted by molar-refractivity contribution is -0.133. The molecule has 3 rings (SSSR count). The van der Waals surface area contributed by atoms with Gasteiger partial charge in [-0.2, -0.15) is 0 Å². The number of fused-ring (bicyclic) bond motifs is 1. The third kappa shape index (κ3) is 7.10. The number of methoxy groups -OCH3 is 1. The van der Waals surface area contributed by atoms with Crippen LogP contribution in [0.3, 0.4) is 0 Å². The number of ether oxygens (including phenoxy) is 2. The predicted octanol–water partition coefficient (Wildman–Crippen LogP) is 3.49. The molecular formula is C26H40N4O5. The molecule has 9 heteroatoms. The lowest BCUT2D eigenvalue weighted by atomic mass is 9.96. The molecule has 9 nitrogen and oxygen atoms in total. The van der Waals surface area contributed by atoms with Crippen molar-refractivity contribution in [1.29, 1.82) is 0 Å². The lowest BCUT2D eigenvalue weighted by Crippen LogP contribution is -2.48. The first-order chi connectivity index (χ1) is 16.7. The molecule has 3 atom stereocenters. The van der Waals surface area contributed by atoms with Crippen LogP contribution in [0, 0.1) is 5.92 Å². The number of likely N-dealkylation sites (N-methyl/N-ethyl adjacent to an activating group) is 1. The van der Waals surface area contributed by atoms with Gasteiger partial charge in [0, 0.05) is 51.8 Å². The third-order valence-electron chi connectivity index (χ3n) is 7.05. The summed E-state index contributed by atoms with van der Waals surface area (Å²) in [5.41, 5.74) is 0.872. The molecule has 1 aliphatic carbocycles. The maximum absolute atomic E-state index is 13.4. The van der Waals surface area contributed by atoms with Gasteiger partial charge in [0.05, 0.1) is 17.7 Å². The van der Waals surface area contributed by atoms with Crippen molar-refractivity contribution < 1.29 is 23.9 Å². The largest absolute Gasteiger partial charge is 0.491 e. The van der Waals surface area contributed by atoms with E-state index in [0.29, 0.717) is 30.1 Å². The molecule has 1 aliphatic heterocycles. The molecule has 4 amide bonds. The molecule has 1 aromatic rings. The van der Waals surface area contributed by atoms with E-state index in [4.69, 9.17) is 9.47 Å². The molecule has 0 radical (unpaired) electrons. The second-order valence-corrected chi connectivity index (χ2v) is 9.91. The van der Waals surface area contributed by atoms with Crippen molar-refractivity contribution >= 4 is 23.5 Å². The number of rotatable bonds is 3. The van der Waals surface area contributed by atoms with Gasteiger partial charge in [0.15, 0.2) is 0 Å². The molecular weight excluding hydrogens is 448 g/mol. The quantitative estimate of drug-likeness (QED) is 0.678. The van der Waals surface area contributed by atoms with Crippen molar-refractivity contribution in [3.63, 3.8) is 0 Å². The monoisotopic (exact) mass is 488 g/mol. The van der Waals surface area contributed by atoms with E-state index in [1.54, 1.807) is 49.1 Å². The molecule has 1 fully saturated rings. The Morgan fingerprint density at radius 3 is 2.49 bits per heavy atom. The summed E-state index contributed by atoms with van der Waals surface area (Å²) in [5, 5.41) is 5.90. The molecule has 2 N–H and O–H groups in total. The fraction of sp³-hybridized carbons (Fsp3) is 0.654. The van der Waals surface area contributed by atoms with Gasteiger partial charge in [-0.05, 0) is 38.0 Å². The number of hydrogen-bond acceptors (Lipinski definition) is 5. The molecule has 1 heterocycles. The van der Waals surface area contributed by atoms with Crippen LogP contribution in [0.15, 0.2) is 18.2 Å². The maximum atomic E-state index is 13.4. The Morgan fingerprint density at radius 1 is 1.11 bits per heavy atom. The molecule has 2 aliphatic rings. The Labute approximate surface area is 208 Å². The number of carbonyl (C=O) groups is 3. The van der Waals surface area contributed by atoms with E-state index in [0.717, 1.165) is 25.7 Å². The highest BCUT2D eigenvalue weighted by atomic mass is 16.5. The van der Waals surface area contributed by atoms with Gasteiger partial charge in [0.25, 0.3) is 5.91 Å². The normalized spacial score (nSPS) is 24.5. The van der Waals surface area contributed by atoms with E-state index in [9.17, 15) is 14.4 Å². The molecule has 194 valence electrons. The van der Waals surface area contributed by atoms with Crippen molar-refractivity contribution in [3.05, 3.63) is 23.8 Å². The van der Waals surface area contributed by atoms with E-state index in [1.807, 2.05) is 13.8 Å². The summed E-state index contributed by atoms with van der Waals surface area (Å²) in [6.07, 6.45) is 5.20. The van der Waals surface area contributed by atoms with Gasteiger partial charge in [-0.25, -0.2) is 4.79 Å². The van der Waals surface area contributed by atoms with Gasteiger partial charge >= 0.3 is 6.03 Å². The standard InChI is InChI=1S/C26H40N4O5/c1-17-14-30(19(3)31)18(2)16-35-23-12-11-21(28-26(33)27-20-9-7-6-8-10-20)13-22(23)25(32)29(4)15-24(17)34-5/h11-13,17-18,20,24H,6-10,14-16H2,1-5H3,(H2,27,28,33)/t17-,18-,24+/m1/s1. The van der Waals surface area contributed by atoms with E-state index < -0.39 is 0 Å². The number of carbonyl (C=O) groups excluding carboxylic acids is 3. The number of nitrogens with zero attached hydrogens (tertiary/aromatic N) is 2. The van der Waals surface area contributed by atoms with Crippen molar-refractivity contribution in [2.24, 2.45) is 5.92 Å². The lowest BCUT2D eigenvalue weighted by Gasteiger charge is -2.35. The zero-order valence-corrected chi connectivity index (χ0v) is 21.6. The van der Waals surface area contributed by atoms with Crippen LogP contribution in [0.2, 0.25) is 0 Å². The van der Waals surface area contributed by atoms with Crippen LogP contribution in [0.1, 0.15) is 63.2 Å². The summed E-state index contributed by atoms with van der Waals surface area (Å²) in [7, 11) is 3.34. The Hall–Kier alpha value is -2.81. The van der Waals surface area contributed by atoms with Gasteiger partial charge in [-0.3, -0.25) is 9.59 Å². The molecule has 0 spiro atoms. The van der Waals surface area contributed by atoms with Crippen molar-refractivity contribution in [3.8, 4) is 5.75 Å². The van der Waals surface area contributed by atoms with Gasteiger partial charge in [0.1, 0.15) is 12.4 Å². The summed E-state index contributed by atoms with van der Waals surface area (Å²) < 4.78 is 11.7. The molecule has 35 heavy (non-hydrogen) atoms. The van der Waals surface area contributed by atoms with Crippen molar-refractivity contribution in [1.82, 2.24) is 15.1 Å². The molecule has 0 unspecified atom stereocenters. The number of anilines is 1. The molecule has 0 aromatic heterocycles. The summed E-state index contributed by atoms with van der Waals surface area (Å²) in [6, 6.07) is 4.80. The number of urea groups is 1. The zero-order valence-electron chi connectivity index (χ0n) is 21.6. The van der Waals surface area contributed by atoms with E-state index in [2.05, 4.69) is 10.6 Å². The Kier molecular flexibility index (Phi) is 9.37. The van der Waals surface area contributed by atoms with Crippen molar-refractivity contribution in [2.45, 2.75) is 71.1 Å². The van der Waals surface area contributed by atoms with Gasteiger partial charge in [-0.15, -0.1) is 0 Å². The first-order valence-corrected chi connectivity index (χ1v) is 12.6. The van der Waals surface area contributed by atoms with Crippen molar-refractivity contribution in [2.75, 3.05) is 39.2 Å². The van der Waals surface area contributed by atoms with E-state index in [1.165, 1.54) is 6.42 Å². The van der Waals surface area contributed by atoms with E-state index in [-0.39, 0.29) is 48.6 Å². The Bertz CT molecular complexity index is 902. The highest BCUT2D eigenvalue weighted by Gasteiger charge is 2.29. The first kappa shape index (κ1) is 26.8. The zero-order chi connectivity index (χ0) is 25.5. The Morgan fingerprint density at radius 2 is 1.83 bits per heavy atom. The summed E-state index contributed by atoms with van der Waals surface area (Å²) >= 11 is 0. The molecule has 1 saturated carbocycles. The number of nitrogens with one attached hydrogen (secondary N) is 2. The topological polar surface area (TPSA) is 100 Å². The van der Waals surface area contributed by atoms with Crippen LogP contribution in [-0.4, -0.2) is 79.7 Å². The minimum Gasteiger partial charge on any atom is -0.491 e. The minimum atomic E-state index is -0.272. The van der Waals surface area contributed by atoms with Crippen LogP contribution in [0.4, 0.5) is 10.5 Å². The highest BCUT2D eigenvalue weighted by Crippen LogP contribution is 2.27. The average Bonchev–Trinajstić information content (AvgIpc) is 2.83. The number of amides is 4. The van der Waals surface area contributed by atoms with Crippen LogP contribution in [-0.2, 0) is 9.53 Å². The average molecular weight is 489 g/mol. The molecule has 0 saturated heterocycles. The highest BCUT2D eigenvalue weighted by molar-refractivity contribution is 5.99. The molecule has 0 bridgehead atoms. The van der Waals surface area contributed by atoms with Gasteiger partial charge in [0.2, 0.25) is 5.91 Å². The first-order valence-electron chi connectivity index (χ1n) is 12.6. The summed E-state index contributed by atoms with van der Waals surface area (Å²) in [6.45, 7) is 6.60.